The lowest BCUT2D eigenvalue weighted by Gasteiger charge is -2.15. The van der Waals surface area contributed by atoms with Crippen molar-refractivity contribution in [1.82, 2.24) is 0 Å². The van der Waals surface area contributed by atoms with E-state index in [1.54, 1.807) is 0 Å². The summed E-state index contributed by atoms with van der Waals surface area (Å²) < 4.78 is 5.72. The van der Waals surface area contributed by atoms with Gasteiger partial charge in [-0.25, -0.2) is 0 Å². The Morgan fingerprint density at radius 1 is 0.812 bits per heavy atom. The van der Waals surface area contributed by atoms with Gasteiger partial charge in [0, 0.05) is 21.2 Å². The van der Waals surface area contributed by atoms with Gasteiger partial charge in [0.1, 0.15) is 6.10 Å². The van der Waals surface area contributed by atoms with Crippen molar-refractivity contribution in [2.45, 2.75) is 6.10 Å². The Kier molecular flexibility index (Phi) is 4.69. The van der Waals surface area contributed by atoms with E-state index in [0.29, 0.717) is 0 Å². The normalized spacial score (nSPS) is 10.6. The number of benzene rings is 2. The minimum atomic E-state index is 0.00398. The molecule has 16 heavy (non-hydrogen) atoms. The second-order valence-electron chi connectivity index (χ2n) is 3.36. The summed E-state index contributed by atoms with van der Waals surface area (Å²) >= 11 is 2.15. The van der Waals surface area contributed by atoms with Crippen LogP contribution < -0.4 is 0 Å². The van der Waals surface area contributed by atoms with Gasteiger partial charge < -0.3 is 0 Å². The van der Waals surface area contributed by atoms with Crippen LogP contribution in [-0.2, 0) is 4.18 Å². The highest BCUT2D eigenvalue weighted by Gasteiger charge is 2.14. The quantitative estimate of drug-likeness (QED) is 0.584. The first-order valence-electron chi connectivity index (χ1n) is 4.96. The van der Waals surface area contributed by atoms with Crippen molar-refractivity contribution in [1.29, 1.82) is 0 Å². The van der Waals surface area contributed by atoms with Gasteiger partial charge in [0.2, 0.25) is 0 Å². The van der Waals surface area contributed by atoms with E-state index in [1.807, 2.05) is 36.4 Å². The first-order valence-corrected chi connectivity index (χ1v) is 8.24. The number of hydrogen-bond acceptors (Lipinski definition) is 2. The SMILES string of the molecule is ISOC(c1ccccc1)c1ccccc1. The molecule has 1 nitrogen and oxygen atoms in total. The van der Waals surface area contributed by atoms with Crippen LogP contribution in [0, 0.1) is 0 Å². The molecule has 0 fully saturated rings. The standard InChI is InChI=1S/C13H11IOS/c14-16-15-13(11-7-3-1-4-8-11)12-9-5-2-6-10-12/h1-10,13H. The molecule has 0 aliphatic heterocycles. The minimum absolute atomic E-state index is 0.00398. The monoisotopic (exact) mass is 342 g/mol. The summed E-state index contributed by atoms with van der Waals surface area (Å²) in [4.78, 5) is 0. The maximum absolute atomic E-state index is 5.72. The molecule has 0 aromatic heterocycles. The van der Waals surface area contributed by atoms with Crippen LogP contribution in [0.1, 0.15) is 17.2 Å². The molecule has 0 bridgehead atoms. The first kappa shape index (κ1) is 12.0. The molecule has 0 unspecified atom stereocenters. The molecule has 0 amide bonds. The summed E-state index contributed by atoms with van der Waals surface area (Å²) in [6.07, 6.45) is 0.00398. The Bertz CT molecular complexity index is 379. The minimum Gasteiger partial charge on any atom is -0.292 e. The molecule has 0 radical (unpaired) electrons. The van der Waals surface area contributed by atoms with Crippen LogP contribution in [0.25, 0.3) is 0 Å². The fourth-order valence-electron chi connectivity index (χ4n) is 1.60. The van der Waals surface area contributed by atoms with E-state index in [2.05, 4.69) is 45.5 Å². The van der Waals surface area contributed by atoms with Crippen LogP contribution in [0.2, 0.25) is 0 Å². The van der Waals surface area contributed by atoms with Crippen LogP contribution in [0.5, 0.6) is 0 Å². The summed E-state index contributed by atoms with van der Waals surface area (Å²) in [5.41, 5.74) is 2.36. The van der Waals surface area contributed by atoms with E-state index >= 15 is 0 Å². The summed E-state index contributed by atoms with van der Waals surface area (Å²) in [5, 5.41) is 0. The second-order valence-corrected chi connectivity index (χ2v) is 4.76. The average Bonchev–Trinajstić information content (AvgIpc) is 2.38. The summed E-state index contributed by atoms with van der Waals surface area (Å²) in [7, 11) is 1.37. The van der Waals surface area contributed by atoms with Crippen molar-refractivity contribution in [2.75, 3.05) is 0 Å². The Hall–Kier alpha value is -0.520. The Balaban J connectivity index is 2.31. The van der Waals surface area contributed by atoms with E-state index in [-0.39, 0.29) is 6.10 Å². The average molecular weight is 342 g/mol. The van der Waals surface area contributed by atoms with Crippen LogP contribution in [0.15, 0.2) is 60.7 Å². The molecule has 0 heterocycles. The molecule has 2 aromatic rings. The molecule has 0 spiro atoms. The zero-order valence-electron chi connectivity index (χ0n) is 8.55. The van der Waals surface area contributed by atoms with Crippen LogP contribution >= 0.6 is 30.4 Å². The van der Waals surface area contributed by atoms with E-state index in [1.165, 1.54) is 20.3 Å². The van der Waals surface area contributed by atoms with Gasteiger partial charge in [-0.05, 0) is 11.1 Å². The zero-order chi connectivity index (χ0) is 11.2. The highest BCUT2D eigenvalue weighted by molar-refractivity contribution is 14.2. The molecular formula is C13H11IOS. The molecule has 82 valence electrons. The van der Waals surface area contributed by atoms with Gasteiger partial charge in [-0.3, -0.25) is 4.18 Å². The van der Waals surface area contributed by atoms with Crippen molar-refractivity contribution in [3.63, 3.8) is 0 Å². The van der Waals surface area contributed by atoms with E-state index < -0.39 is 0 Å². The maximum Gasteiger partial charge on any atom is 0.123 e. The maximum atomic E-state index is 5.72. The largest absolute Gasteiger partial charge is 0.292 e. The Morgan fingerprint density at radius 3 is 1.62 bits per heavy atom. The van der Waals surface area contributed by atoms with Gasteiger partial charge in [0.05, 0.1) is 9.21 Å². The molecule has 2 rings (SSSR count). The lowest BCUT2D eigenvalue weighted by atomic mass is 10.0. The van der Waals surface area contributed by atoms with E-state index in [0.717, 1.165) is 0 Å². The van der Waals surface area contributed by atoms with Crippen molar-refractivity contribution < 1.29 is 4.18 Å². The Labute approximate surface area is 112 Å². The molecule has 3 heteroatoms. The summed E-state index contributed by atoms with van der Waals surface area (Å²) in [6, 6.07) is 20.5. The molecule has 0 saturated carbocycles. The molecule has 2 aromatic carbocycles. The van der Waals surface area contributed by atoms with Crippen LogP contribution in [0.4, 0.5) is 0 Å². The van der Waals surface area contributed by atoms with E-state index in [4.69, 9.17) is 4.18 Å². The fraction of sp³-hybridized carbons (Fsp3) is 0.0769. The van der Waals surface area contributed by atoms with Gasteiger partial charge >= 0.3 is 0 Å². The Morgan fingerprint density at radius 2 is 1.25 bits per heavy atom. The number of hydrogen-bond donors (Lipinski definition) is 0. The highest BCUT2D eigenvalue weighted by Crippen LogP contribution is 2.32. The first-order chi connectivity index (χ1) is 7.92. The lowest BCUT2D eigenvalue weighted by Crippen LogP contribution is -2.00. The van der Waals surface area contributed by atoms with Crippen molar-refractivity contribution in [2.24, 2.45) is 0 Å². The smallest absolute Gasteiger partial charge is 0.123 e. The van der Waals surface area contributed by atoms with Gasteiger partial charge in [-0.2, -0.15) is 0 Å². The topological polar surface area (TPSA) is 9.23 Å². The summed E-state index contributed by atoms with van der Waals surface area (Å²) in [5.74, 6) is 0. The molecule has 0 aliphatic rings. The fourth-order valence-corrected chi connectivity index (χ4v) is 2.51. The number of rotatable bonds is 4. The van der Waals surface area contributed by atoms with Crippen molar-refractivity contribution in [3.8, 4) is 0 Å². The van der Waals surface area contributed by atoms with Crippen LogP contribution in [0.3, 0.4) is 0 Å². The van der Waals surface area contributed by atoms with E-state index in [9.17, 15) is 0 Å². The van der Waals surface area contributed by atoms with Gasteiger partial charge in [0.15, 0.2) is 0 Å². The predicted octanol–water partition coefficient (Wildman–Crippen LogP) is 4.79. The third-order valence-electron chi connectivity index (χ3n) is 2.34. The van der Waals surface area contributed by atoms with Gasteiger partial charge in [-0.1, -0.05) is 60.7 Å². The molecule has 0 saturated heterocycles. The zero-order valence-corrected chi connectivity index (χ0v) is 11.5. The molecule has 0 aliphatic carbocycles. The third-order valence-corrected chi connectivity index (χ3v) is 3.23. The van der Waals surface area contributed by atoms with Gasteiger partial charge in [0.25, 0.3) is 0 Å². The number of halogens is 1. The van der Waals surface area contributed by atoms with Crippen molar-refractivity contribution >= 4 is 30.4 Å². The molecule has 0 N–H and O–H groups in total. The van der Waals surface area contributed by atoms with Gasteiger partial charge in [-0.15, -0.1) is 0 Å². The molecule has 0 atom stereocenters. The molecular weight excluding hydrogens is 331 g/mol. The second kappa shape index (κ2) is 6.27. The predicted molar refractivity (Wildman–Crippen MR) is 77.4 cm³/mol. The van der Waals surface area contributed by atoms with Crippen molar-refractivity contribution in [3.05, 3.63) is 71.8 Å². The lowest BCUT2D eigenvalue weighted by molar-refractivity contribution is 0.301. The summed E-state index contributed by atoms with van der Waals surface area (Å²) in [6.45, 7) is 0. The third kappa shape index (κ3) is 2.99. The highest BCUT2D eigenvalue weighted by atomic mass is 127. The van der Waals surface area contributed by atoms with Crippen LogP contribution in [-0.4, -0.2) is 0 Å².